The molecule has 0 aliphatic carbocycles. The van der Waals surface area contributed by atoms with E-state index in [0.29, 0.717) is 15.7 Å². The molecule has 0 spiro atoms. The quantitative estimate of drug-likeness (QED) is 0.524. The number of esters is 1. The highest BCUT2D eigenvalue weighted by atomic mass is 79.9. The van der Waals surface area contributed by atoms with Gasteiger partial charge in [0.25, 0.3) is 5.69 Å². The molecule has 0 amide bonds. The number of nitro groups is 1. The summed E-state index contributed by atoms with van der Waals surface area (Å²) < 4.78 is 5.23. The molecule has 1 unspecified atom stereocenters. The second-order valence-corrected chi connectivity index (χ2v) is 4.62. The predicted molar refractivity (Wildman–Crippen MR) is 70.6 cm³/mol. The average Bonchev–Trinajstić information content (AvgIpc) is 2.30. The number of rotatable bonds is 4. The third-order valence-electron chi connectivity index (χ3n) is 2.41. The van der Waals surface area contributed by atoms with E-state index < -0.39 is 16.9 Å². The number of nitro benzene ring substituents is 1. The number of ether oxygens (including phenoxy) is 1. The van der Waals surface area contributed by atoms with Gasteiger partial charge in [0.2, 0.25) is 0 Å². The highest BCUT2D eigenvalue weighted by Gasteiger charge is 2.18. The summed E-state index contributed by atoms with van der Waals surface area (Å²) in [6.45, 7) is 3.26. The predicted octanol–water partition coefficient (Wildman–Crippen LogP) is 2.64. The maximum atomic E-state index is 11.3. The third-order valence-corrected chi connectivity index (χ3v) is 3.07. The van der Waals surface area contributed by atoms with E-state index in [-0.39, 0.29) is 5.69 Å². The monoisotopic (exact) mass is 316 g/mol. The zero-order chi connectivity index (χ0) is 13.9. The molecule has 7 heteroatoms. The van der Waals surface area contributed by atoms with Gasteiger partial charge in [0, 0.05) is 16.1 Å². The van der Waals surface area contributed by atoms with Gasteiger partial charge in [-0.2, -0.15) is 0 Å². The number of carbonyl (C=O) groups excluding carboxylic acids is 1. The van der Waals surface area contributed by atoms with Crippen LogP contribution in [0.2, 0.25) is 0 Å². The van der Waals surface area contributed by atoms with Crippen LogP contribution in [0.3, 0.4) is 0 Å². The second-order valence-electron chi connectivity index (χ2n) is 3.76. The van der Waals surface area contributed by atoms with Gasteiger partial charge in [0.15, 0.2) is 0 Å². The van der Waals surface area contributed by atoms with Crippen molar-refractivity contribution in [1.29, 1.82) is 0 Å². The molecule has 0 heterocycles. The third kappa shape index (κ3) is 3.19. The number of anilines is 1. The molecule has 0 aliphatic rings. The van der Waals surface area contributed by atoms with Crippen molar-refractivity contribution >= 4 is 33.3 Å². The van der Waals surface area contributed by atoms with E-state index in [0.717, 1.165) is 0 Å². The Bertz CT molecular complexity index is 490. The number of benzene rings is 1. The van der Waals surface area contributed by atoms with Crippen LogP contribution in [-0.2, 0) is 9.53 Å². The summed E-state index contributed by atoms with van der Waals surface area (Å²) in [6, 6.07) is 2.43. The zero-order valence-electron chi connectivity index (χ0n) is 10.2. The molecule has 0 saturated heterocycles. The average molecular weight is 317 g/mol. The van der Waals surface area contributed by atoms with Gasteiger partial charge in [-0.15, -0.1) is 0 Å². The molecule has 0 radical (unpaired) electrons. The summed E-state index contributed by atoms with van der Waals surface area (Å²) in [6.07, 6.45) is 0. The molecule has 1 rings (SSSR count). The lowest BCUT2D eigenvalue weighted by atomic mass is 10.1. The Morgan fingerprint density at radius 2 is 2.17 bits per heavy atom. The molecule has 18 heavy (non-hydrogen) atoms. The van der Waals surface area contributed by atoms with E-state index in [2.05, 4.69) is 26.0 Å². The van der Waals surface area contributed by atoms with E-state index in [4.69, 9.17) is 0 Å². The summed E-state index contributed by atoms with van der Waals surface area (Å²) in [4.78, 5) is 21.6. The van der Waals surface area contributed by atoms with Gasteiger partial charge in [-0.3, -0.25) is 10.1 Å². The molecular weight excluding hydrogens is 304 g/mol. The fourth-order valence-electron chi connectivity index (χ4n) is 1.44. The van der Waals surface area contributed by atoms with Gasteiger partial charge in [-0.1, -0.05) is 0 Å². The second kappa shape index (κ2) is 5.81. The number of hydrogen-bond donors (Lipinski definition) is 1. The van der Waals surface area contributed by atoms with Crippen molar-refractivity contribution in [1.82, 2.24) is 0 Å². The van der Waals surface area contributed by atoms with E-state index in [1.807, 2.05) is 0 Å². The molecule has 0 bridgehead atoms. The number of carbonyl (C=O) groups is 1. The Hall–Kier alpha value is -1.63. The molecule has 1 aromatic rings. The van der Waals surface area contributed by atoms with Crippen LogP contribution < -0.4 is 5.32 Å². The van der Waals surface area contributed by atoms with Crippen LogP contribution in [0.5, 0.6) is 0 Å². The van der Waals surface area contributed by atoms with Crippen molar-refractivity contribution < 1.29 is 14.5 Å². The van der Waals surface area contributed by atoms with Crippen molar-refractivity contribution in [3.63, 3.8) is 0 Å². The van der Waals surface area contributed by atoms with Crippen molar-refractivity contribution in [2.24, 2.45) is 0 Å². The van der Waals surface area contributed by atoms with Gasteiger partial charge in [0.1, 0.15) is 6.04 Å². The molecule has 1 aromatic carbocycles. The van der Waals surface area contributed by atoms with Gasteiger partial charge in [0.05, 0.1) is 17.7 Å². The first-order chi connectivity index (χ1) is 8.36. The highest BCUT2D eigenvalue weighted by Crippen LogP contribution is 2.31. The lowest BCUT2D eigenvalue weighted by Gasteiger charge is -2.14. The highest BCUT2D eigenvalue weighted by molar-refractivity contribution is 9.10. The van der Waals surface area contributed by atoms with Gasteiger partial charge >= 0.3 is 5.97 Å². The van der Waals surface area contributed by atoms with Crippen LogP contribution in [0.15, 0.2) is 16.6 Å². The van der Waals surface area contributed by atoms with Gasteiger partial charge < -0.3 is 10.1 Å². The van der Waals surface area contributed by atoms with Crippen LogP contribution in [0.25, 0.3) is 0 Å². The Morgan fingerprint density at radius 1 is 1.56 bits per heavy atom. The van der Waals surface area contributed by atoms with E-state index >= 15 is 0 Å². The van der Waals surface area contributed by atoms with Crippen molar-refractivity contribution in [2.45, 2.75) is 19.9 Å². The number of nitrogens with zero attached hydrogens (tertiary/aromatic N) is 1. The lowest BCUT2D eigenvalue weighted by molar-refractivity contribution is -0.385. The minimum absolute atomic E-state index is 0.00207. The van der Waals surface area contributed by atoms with Crippen molar-refractivity contribution in [3.05, 3.63) is 32.3 Å². The minimum atomic E-state index is -0.589. The van der Waals surface area contributed by atoms with Gasteiger partial charge in [-0.05, 0) is 35.8 Å². The summed E-state index contributed by atoms with van der Waals surface area (Å²) in [5, 5.41) is 13.7. The number of aryl methyl sites for hydroxylation is 1. The Kier molecular flexibility index (Phi) is 4.66. The molecular formula is C11H13BrN2O4. The Balaban J connectivity index is 3.06. The van der Waals surface area contributed by atoms with Crippen LogP contribution in [0.1, 0.15) is 12.5 Å². The summed E-state index contributed by atoms with van der Waals surface area (Å²) in [5.41, 5.74) is 1.02. The molecule has 1 atom stereocenters. The van der Waals surface area contributed by atoms with E-state index in [1.54, 1.807) is 19.9 Å². The van der Waals surface area contributed by atoms with E-state index in [9.17, 15) is 14.9 Å². The molecule has 6 nitrogen and oxygen atoms in total. The first-order valence-electron chi connectivity index (χ1n) is 5.15. The Labute approximate surface area is 113 Å². The smallest absolute Gasteiger partial charge is 0.327 e. The van der Waals surface area contributed by atoms with E-state index in [1.165, 1.54) is 13.2 Å². The first kappa shape index (κ1) is 14.4. The SMILES string of the molecule is COC(=O)C(C)Nc1cc([N+](=O)[O-])c(C)cc1Br. The van der Waals surface area contributed by atoms with Crippen molar-refractivity contribution in [2.75, 3.05) is 12.4 Å². The van der Waals surface area contributed by atoms with Crippen LogP contribution in [0, 0.1) is 17.0 Å². The normalized spacial score (nSPS) is 11.8. The van der Waals surface area contributed by atoms with Gasteiger partial charge in [-0.25, -0.2) is 4.79 Å². The molecule has 0 aromatic heterocycles. The van der Waals surface area contributed by atoms with Crippen LogP contribution >= 0.6 is 15.9 Å². The maximum absolute atomic E-state index is 11.3. The molecule has 0 fully saturated rings. The first-order valence-corrected chi connectivity index (χ1v) is 5.95. The number of nitrogens with one attached hydrogen (secondary N) is 1. The molecule has 0 aliphatic heterocycles. The number of halogens is 1. The number of methoxy groups -OCH3 is 1. The van der Waals surface area contributed by atoms with Crippen LogP contribution in [-0.4, -0.2) is 24.0 Å². The summed E-state index contributed by atoms with van der Waals surface area (Å²) in [7, 11) is 1.28. The lowest BCUT2D eigenvalue weighted by Crippen LogP contribution is -2.27. The molecule has 0 saturated carbocycles. The topological polar surface area (TPSA) is 81.5 Å². The Morgan fingerprint density at radius 3 is 2.67 bits per heavy atom. The number of hydrogen-bond acceptors (Lipinski definition) is 5. The summed E-state index contributed by atoms with van der Waals surface area (Å²) >= 11 is 3.29. The van der Waals surface area contributed by atoms with Crippen LogP contribution in [0.4, 0.5) is 11.4 Å². The summed E-state index contributed by atoms with van der Waals surface area (Å²) in [5.74, 6) is -0.440. The zero-order valence-corrected chi connectivity index (χ0v) is 11.8. The minimum Gasteiger partial charge on any atom is -0.467 e. The largest absolute Gasteiger partial charge is 0.467 e. The molecule has 98 valence electrons. The standard InChI is InChI=1S/C11H13BrN2O4/c1-6-4-8(12)9(5-10(6)14(16)17)13-7(2)11(15)18-3/h4-5,7,13H,1-3H3. The van der Waals surface area contributed by atoms with Crippen molar-refractivity contribution in [3.8, 4) is 0 Å². The maximum Gasteiger partial charge on any atom is 0.327 e. The fraction of sp³-hybridized carbons (Fsp3) is 0.364. The fourth-order valence-corrected chi connectivity index (χ4v) is 2.01. The molecule has 1 N–H and O–H groups in total.